The summed E-state index contributed by atoms with van der Waals surface area (Å²) >= 11 is 0. The lowest BCUT2D eigenvalue weighted by molar-refractivity contribution is 0.758. The van der Waals surface area contributed by atoms with Crippen molar-refractivity contribution in [3.63, 3.8) is 0 Å². The molecule has 0 fully saturated rings. The van der Waals surface area contributed by atoms with Crippen molar-refractivity contribution in [1.29, 1.82) is 0 Å². The van der Waals surface area contributed by atoms with Gasteiger partial charge in [0.15, 0.2) is 0 Å². The Bertz CT molecular complexity index is 532. The third-order valence-electron chi connectivity index (χ3n) is 2.25. The van der Waals surface area contributed by atoms with Gasteiger partial charge in [0.1, 0.15) is 5.82 Å². The van der Waals surface area contributed by atoms with E-state index in [-0.39, 0.29) is 0 Å². The number of nitrogens with zero attached hydrogens (tertiary/aromatic N) is 3. The maximum absolute atomic E-state index is 4.43. The van der Waals surface area contributed by atoms with Crippen LogP contribution in [-0.4, -0.2) is 19.5 Å². The van der Waals surface area contributed by atoms with Crippen molar-refractivity contribution in [1.82, 2.24) is 19.5 Å². The molecule has 0 saturated heterocycles. The fourth-order valence-electron chi connectivity index (χ4n) is 1.57. The summed E-state index contributed by atoms with van der Waals surface area (Å²) in [6, 6.07) is 8.89. The zero-order valence-corrected chi connectivity index (χ0v) is 8.01. The highest BCUT2D eigenvalue weighted by atomic mass is 15.1. The van der Waals surface area contributed by atoms with Crippen LogP contribution in [0.5, 0.6) is 0 Å². The first-order chi connectivity index (χ1) is 7.42. The highest BCUT2D eigenvalue weighted by Crippen LogP contribution is 2.10. The lowest BCUT2D eigenvalue weighted by atomic mass is 10.3. The molecule has 3 rings (SSSR count). The molecule has 0 aliphatic heterocycles. The van der Waals surface area contributed by atoms with Crippen molar-refractivity contribution < 1.29 is 0 Å². The summed E-state index contributed by atoms with van der Waals surface area (Å²) in [6.45, 7) is 0.711. The van der Waals surface area contributed by atoms with Crippen LogP contribution < -0.4 is 0 Å². The van der Waals surface area contributed by atoms with E-state index in [1.165, 1.54) is 0 Å². The Balaban J connectivity index is 1.98. The Labute approximate surface area is 86.6 Å². The molecule has 4 nitrogen and oxygen atoms in total. The molecule has 0 amide bonds. The number of hydrogen-bond donors (Lipinski definition) is 1. The smallest absolute Gasteiger partial charge is 0.127 e. The number of fused-ring (bicyclic) bond motifs is 1. The van der Waals surface area contributed by atoms with E-state index in [0.29, 0.717) is 6.54 Å². The maximum Gasteiger partial charge on any atom is 0.127 e. The van der Waals surface area contributed by atoms with Crippen molar-refractivity contribution in [3.8, 4) is 0 Å². The molecule has 1 aromatic carbocycles. The summed E-state index contributed by atoms with van der Waals surface area (Å²) in [6.07, 6.45) is 5.45. The van der Waals surface area contributed by atoms with Gasteiger partial charge in [-0.1, -0.05) is 12.1 Å². The Kier molecular flexibility index (Phi) is 1.78. The third-order valence-corrected chi connectivity index (χ3v) is 2.25. The van der Waals surface area contributed by atoms with Crippen LogP contribution in [0.2, 0.25) is 0 Å². The van der Waals surface area contributed by atoms with E-state index in [9.17, 15) is 0 Å². The van der Waals surface area contributed by atoms with E-state index < -0.39 is 0 Å². The molecule has 73 valence electrons. The molecular formula is C11H9N4. The number of imidazole rings is 2. The first kappa shape index (κ1) is 8.23. The SMILES string of the molecule is [c]1cccc2[nH]c(Cn3ccnc3)nc12. The van der Waals surface area contributed by atoms with Crippen molar-refractivity contribution in [2.24, 2.45) is 0 Å². The van der Waals surface area contributed by atoms with Crippen molar-refractivity contribution in [2.75, 3.05) is 0 Å². The summed E-state index contributed by atoms with van der Waals surface area (Å²) in [4.78, 5) is 11.7. The Hall–Kier alpha value is -2.10. The Morgan fingerprint density at radius 2 is 2.47 bits per heavy atom. The maximum atomic E-state index is 4.43. The Morgan fingerprint density at radius 1 is 1.47 bits per heavy atom. The molecule has 0 aliphatic carbocycles. The predicted octanol–water partition coefficient (Wildman–Crippen LogP) is 1.61. The van der Waals surface area contributed by atoms with Gasteiger partial charge < -0.3 is 9.55 Å². The molecule has 3 aromatic rings. The second kappa shape index (κ2) is 3.24. The van der Waals surface area contributed by atoms with Crippen LogP contribution in [0.25, 0.3) is 11.0 Å². The number of aromatic amines is 1. The molecule has 1 radical (unpaired) electrons. The molecule has 0 saturated carbocycles. The summed E-state index contributed by atoms with van der Waals surface area (Å²) in [7, 11) is 0. The van der Waals surface area contributed by atoms with Crippen LogP contribution >= 0.6 is 0 Å². The molecule has 2 aromatic heterocycles. The topological polar surface area (TPSA) is 46.5 Å². The van der Waals surface area contributed by atoms with Gasteiger partial charge in [0.2, 0.25) is 0 Å². The summed E-state index contributed by atoms with van der Waals surface area (Å²) in [5.74, 6) is 0.922. The highest BCUT2D eigenvalue weighted by Gasteiger charge is 2.01. The van der Waals surface area contributed by atoms with Gasteiger partial charge in [-0.05, 0) is 6.07 Å². The number of aromatic nitrogens is 4. The second-order valence-electron chi connectivity index (χ2n) is 3.35. The number of hydrogen-bond acceptors (Lipinski definition) is 2. The summed E-state index contributed by atoms with van der Waals surface area (Å²) in [5, 5.41) is 0. The van der Waals surface area contributed by atoms with Crippen LogP contribution in [0.3, 0.4) is 0 Å². The van der Waals surface area contributed by atoms with Crippen LogP contribution in [0.15, 0.2) is 36.9 Å². The van der Waals surface area contributed by atoms with Crippen LogP contribution in [-0.2, 0) is 6.54 Å². The highest BCUT2D eigenvalue weighted by molar-refractivity contribution is 5.73. The fourth-order valence-corrected chi connectivity index (χ4v) is 1.57. The zero-order valence-electron chi connectivity index (χ0n) is 8.01. The fraction of sp³-hybridized carbons (Fsp3) is 0.0909. The van der Waals surface area contributed by atoms with Crippen LogP contribution in [0, 0.1) is 6.07 Å². The van der Waals surface area contributed by atoms with Gasteiger partial charge in [-0.2, -0.15) is 0 Å². The molecule has 0 spiro atoms. The first-order valence-corrected chi connectivity index (χ1v) is 4.73. The van der Waals surface area contributed by atoms with E-state index in [1.54, 1.807) is 12.5 Å². The van der Waals surface area contributed by atoms with Crippen molar-refractivity contribution in [3.05, 3.63) is 48.8 Å². The zero-order chi connectivity index (χ0) is 10.1. The average molecular weight is 197 g/mol. The van der Waals surface area contributed by atoms with Gasteiger partial charge in [-0.3, -0.25) is 0 Å². The van der Waals surface area contributed by atoms with Gasteiger partial charge in [0.05, 0.1) is 23.9 Å². The predicted molar refractivity (Wildman–Crippen MR) is 56.3 cm³/mol. The summed E-state index contributed by atoms with van der Waals surface area (Å²) in [5.41, 5.74) is 1.90. The minimum absolute atomic E-state index is 0.711. The van der Waals surface area contributed by atoms with Crippen molar-refractivity contribution in [2.45, 2.75) is 6.54 Å². The van der Waals surface area contributed by atoms with E-state index in [2.05, 4.69) is 21.0 Å². The quantitative estimate of drug-likeness (QED) is 0.678. The largest absolute Gasteiger partial charge is 0.340 e. The number of rotatable bonds is 2. The lowest BCUT2D eigenvalue weighted by Crippen LogP contribution is -1.97. The number of para-hydroxylation sites is 1. The normalized spacial score (nSPS) is 10.9. The molecule has 0 bridgehead atoms. The monoisotopic (exact) mass is 197 g/mol. The average Bonchev–Trinajstić information content (AvgIpc) is 2.86. The van der Waals surface area contributed by atoms with Gasteiger partial charge in [0, 0.05) is 18.5 Å². The molecule has 15 heavy (non-hydrogen) atoms. The molecule has 1 N–H and O–H groups in total. The van der Waals surface area contributed by atoms with Crippen molar-refractivity contribution >= 4 is 11.0 Å². The van der Waals surface area contributed by atoms with Crippen LogP contribution in [0.4, 0.5) is 0 Å². The van der Waals surface area contributed by atoms with E-state index in [1.807, 2.05) is 29.0 Å². The van der Waals surface area contributed by atoms with E-state index >= 15 is 0 Å². The molecule has 2 heterocycles. The number of benzene rings is 1. The van der Waals surface area contributed by atoms with Gasteiger partial charge >= 0.3 is 0 Å². The van der Waals surface area contributed by atoms with Gasteiger partial charge in [0.25, 0.3) is 0 Å². The number of nitrogens with one attached hydrogen (secondary N) is 1. The molecule has 0 aliphatic rings. The minimum Gasteiger partial charge on any atom is -0.340 e. The standard InChI is InChI=1S/C11H9N4/c1-2-4-10-9(3-1)13-11(14-10)7-15-6-5-12-8-15/h1-3,5-6,8H,7H2,(H,13,14). The van der Waals surface area contributed by atoms with Gasteiger partial charge in [-0.15, -0.1) is 0 Å². The molecular weight excluding hydrogens is 188 g/mol. The summed E-state index contributed by atoms with van der Waals surface area (Å²) < 4.78 is 1.97. The third kappa shape index (κ3) is 1.50. The van der Waals surface area contributed by atoms with E-state index in [4.69, 9.17) is 0 Å². The molecule has 4 heteroatoms. The lowest BCUT2D eigenvalue weighted by Gasteiger charge is -1.95. The van der Waals surface area contributed by atoms with Gasteiger partial charge in [-0.25, -0.2) is 9.97 Å². The molecule has 0 atom stereocenters. The molecule has 0 unspecified atom stereocenters. The second-order valence-corrected chi connectivity index (χ2v) is 3.35. The van der Waals surface area contributed by atoms with Crippen LogP contribution in [0.1, 0.15) is 5.82 Å². The first-order valence-electron chi connectivity index (χ1n) is 4.73. The minimum atomic E-state index is 0.711. The van der Waals surface area contributed by atoms with E-state index in [0.717, 1.165) is 16.9 Å². The Morgan fingerprint density at radius 3 is 3.27 bits per heavy atom. The number of H-pyrrole nitrogens is 1.